The number of thiophene rings is 1. The maximum Gasteiger partial charge on any atom is 0.224 e. The molecule has 1 aliphatic heterocycles. The summed E-state index contributed by atoms with van der Waals surface area (Å²) in [5.41, 5.74) is 5.06. The molecule has 1 fully saturated rings. The van der Waals surface area contributed by atoms with Crippen molar-refractivity contribution in [2.45, 2.75) is 19.9 Å². The van der Waals surface area contributed by atoms with Crippen LogP contribution in [0.1, 0.15) is 19.2 Å². The lowest BCUT2D eigenvalue weighted by Crippen LogP contribution is -2.37. The normalized spacial score (nSPS) is 22.8. The number of nitrogens with two attached hydrogens (primary N) is 1. The number of aromatic nitrogens is 2. The van der Waals surface area contributed by atoms with Crippen molar-refractivity contribution in [2.24, 2.45) is 11.1 Å². The standard InChI is InChI=1S/C14H19N5OS/c1-14(13(15)20)4-5-19(8-14)7-10-17-11(16-2)9-3-6-21-12(9)18-10/h3,6H,4-5,7-8H2,1-2H3,(H2,15,20)(H,16,17,18). The van der Waals surface area contributed by atoms with E-state index in [9.17, 15) is 4.79 Å². The highest BCUT2D eigenvalue weighted by Gasteiger charge is 2.38. The average molecular weight is 305 g/mol. The van der Waals surface area contributed by atoms with Crippen LogP contribution < -0.4 is 11.1 Å². The van der Waals surface area contributed by atoms with Gasteiger partial charge in [0.2, 0.25) is 5.91 Å². The Labute approximate surface area is 127 Å². The summed E-state index contributed by atoms with van der Waals surface area (Å²) < 4.78 is 0. The number of hydrogen-bond donors (Lipinski definition) is 2. The highest BCUT2D eigenvalue weighted by atomic mass is 32.1. The molecule has 3 rings (SSSR count). The van der Waals surface area contributed by atoms with E-state index in [1.807, 2.05) is 25.4 Å². The Hall–Kier alpha value is -1.73. The van der Waals surface area contributed by atoms with Crippen LogP contribution in [0, 0.1) is 5.41 Å². The van der Waals surface area contributed by atoms with Gasteiger partial charge in [-0.15, -0.1) is 11.3 Å². The van der Waals surface area contributed by atoms with Gasteiger partial charge in [-0.25, -0.2) is 9.97 Å². The van der Waals surface area contributed by atoms with Gasteiger partial charge in [-0.2, -0.15) is 0 Å². The number of hydrogen-bond acceptors (Lipinski definition) is 6. The van der Waals surface area contributed by atoms with E-state index in [4.69, 9.17) is 5.73 Å². The molecule has 3 heterocycles. The Balaban J connectivity index is 1.81. The molecule has 2 aromatic rings. The Morgan fingerprint density at radius 2 is 2.38 bits per heavy atom. The first-order valence-electron chi connectivity index (χ1n) is 6.96. The smallest absolute Gasteiger partial charge is 0.224 e. The predicted molar refractivity (Wildman–Crippen MR) is 84.2 cm³/mol. The van der Waals surface area contributed by atoms with Crippen LogP contribution in [0.25, 0.3) is 10.2 Å². The van der Waals surface area contributed by atoms with Gasteiger partial charge in [0.05, 0.1) is 17.3 Å². The first-order valence-corrected chi connectivity index (χ1v) is 7.84. The van der Waals surface area contributed by atoms with Gasteiger partial charge in [0, 0.05) is 13.6 Å². The van der Waals surface area contributed by atoms with Crippen LogP contribution in [0.3, 0.4) is 0 Å². The highest BCUT2D eigenvalue weighted by molar-refractivity contribution is 7.16. The lowest BCUT2D eigenvalue weighted by atomic mass is 9.89. The van der Waals surface area contributed by atoms with Crippen molar-refractivity contribution in [3.63, 3.8) is 0 Å². The Morgan fingerprint density at radius 1 is 1.57 bits per heavy atom. The number of amides is 1. The van der Waals surface area contributed by atoms with Gasteiger partial charge >= 0.3 is 0 Å². The minimum Gasteiger partial charge on any atom is -0.372 e. The topological polar surface area (TPSA) is 84.1 Å². The molecule has 1 unspecified atom stereocenters. The minimum atomic E-state index is -0.432. The number of anilines is 1. The zero-order chi connectivity index (χ0) is 15.0. The molecule has 3 N–H and O–H groups in total. The molecular weight excluding hydrogens is 286 g/mol. The zero-order valence-corrected chi connectivity index (χ0v) is 13.0. The minimum absolute atomic E-state index is 0.226. The first kappa shape index (κ1) is 14.2. The Morgan fingerprint density at radius 3 is 3.05 bits per heavy atom. The second-order valence-corrected chi connectivity index (χ2v) is 6.66. The van der Waals surface area contributed by atoms with Crippen molar-refractivity contribution >= 4 is 33.3 Å². The van der Waals surface area contributed by atoms with Crippen LogP contribution in [-0.2, 0) is 11.3 Å². The number of fused-ring (bicyclic) bond motifs is 1. The molecule has 112 valence electrons. The van der Waals surface area contributed by atoms with E-state index in [0.29, 0.717) is 13.1 Å². The molecule has 0 saturated carbocycles. The molecule has 0 bridgehead atoms. The highest BCUT2D eigenvalue weighted by Crippen LogP contribution is 2.31. The van der Waals surface area contributed by atoms with E-state index < -0.39 is 5.41 Å². The first-order chi connectivity index (χ1) is 10.0. The lowest BCUT2D eigenvalue weighted by Gasteiger charge is -2.20. The molecule has 1 aliphatic rings. The van der Waals surface area contributed by atoms with Crippen molar-refractivity contribution in [3.05, 3.63) is 17.3 Å². The average Bonchev–Trinajstić information content (AvgIpc) is 3.05. The fourth-order valence-electron chi connectivity index (χ4n) is 2.75. The number of carbonyl (C=O) groups is 1. The third kappa shape index (κ3) is 2.58. The van der Waals surface area contributed by atoms with Gasteiger partial charge in [-0.3, -0.25) is 9.69 Å². The van der Waals surface area contributed by atoms with Gasteiger partial charge in [0.1, 0.15) is 16.5 Å². The van der Waals surface area contributed by atoms with Crippen LogP contribution in [0.4, 0.5) is 5.82 Å². The van der Waals surface area contributed by atoms with Crippen LogP contribution in [0.15, 0.2) is 11.4 Å². The molecule has 1 saturated heterocycles. The van der Waals surface area contributed by atoms with E-state index in [-0.39, 0.29) is 5.91 Å². The molecule has 2 aromatic heterocycles. The largest absolute Gasteiger partial charge is 0.372 e. The van der Waals surface area contributed by atoms with E-state index >= 15 is 0 Å². The van der Waals surface area contributed by atoms with Gasteiger partial charge in [0.15, 0.2) is 0 Å². The van der Waals surface area contributed by atoms with Crippen LogP contribution in [0.5, 0.6) is 0 Å². The van der Waals surface area contributed by atoms with Crippen LogP contribution >= 0.6 is 11.3 Å². The number of nitrogens with zero attached hydrogens (tertiary/aromatic N) is 3. The van der Waals surface area contributed by atoms with E-state index in [2.05, 4.69) is 20.2 Å². The van der Waals surface area contributed by atoms with Crippen molar-refractivity contribution in [3.8, 4) is 0 Å². The Bertz CT molecular complexity index is 685. The quantitative estimate of drug-likeness (QED) is 0.892. The maximum atomic E-state index is 11.5. The summed E-state index contributed by atoms with van der Waals surface area (Å²) in [6.45, 7) is 4.09. The summed E-state index contributed by atoms with van der Waals surface area (Å²) in [5, 5.41) is 6.19. The van der Waals surface area contributed by atoms with Crippen molar-refractivity contribution in [2.75, 3.05) is 25.5 Å². The summed E-state index contributed by atoms with van der Waals surface area (Å²) in [5.74, 6) is 1.41. The van der Waals surface area contributed by atoms with E-state index in [1.165, 1.54) is 0 Å². The molecular formula is C14H19N5OS. The van der Waals surface area contributed by atoms with Gasteiger partial charge in [-0.1, -0.05) is 0 Å². The number of rotatable bonds is 4. The molecule has 1 amide bonds. The summed E-state index contributed by atoms with van der Waals surface area (Å²) >= 11 is 1.61. The molecule has 0 radical (unpaired) electrons. The van der Waals surface area contributed by atoms with Crippen LogP contribution in [-0.4, -0.2) is 40.9 Å². The molecule has 7 heteroatoms. The third-order valence-electron chi connectivity index (χ3n) is 4.12. The van der Waals surface area contributed by atoms with Crippen LogP contribution in [0.2, 0.25) is 0 Å². The zero-order valence-electron chi connectivity index (χ0n) is 12.2. The number of nitrogens with one attached hydrogen (secondary N) is 1. The number of primary amides is 1. The molecule has 21 heavy (non-hydrogen) atoms. The van der Waals surface area contributed by atoms with E-state index in [0.717, 1.165) is 34.8 Å². The summed E-state index contributed by atoms with van der Waals surface area (Å²) in [6, 6.07) is 2.02. The second kappa shape index (κ2) is 5.23. The van der Waals surface area contributed by atoms with Gasteiger partial charge in [0.25, 0.3) is 0 Å². The van der Waals surface area contributed by atoms with Crippen molar-refractivity contribution in [1.82, 2.24) is 14.9 Å². The third-order valence-corrected chi connectivity index (χ3v) is 4.93. The second-order valence-electron chi connectivity index (χ2n) is 5.76. The van der Waals surface area contributed by atoms with Crippen molar-refractivity contribution < 1.29 is 4.79 Å². The molecule has 0 aromatic carbocycles. The fourth-order valence-corrected chi connectivity index (χ4v) is 3.54. The monoisotopic (exact) mass is 305 g/mol. The molecule has 0 aliphatic carbocycles. The molecule has 0 spiro atoms. The lowest BCUT2D eigenvalue weighted by molar-refractivity contribution is -0.126. The SMILES string of the molecule is CNc1nc(CN2CCC(C)(C(N)=O)C2)nc2sccc12. The Kier molecular flexibility index (Phi) is 3.54. The summed E-state index contributed by atoms with van der Waals surface area (Å²) in [6.07, 6.45) is 0.794. The number of likely N-dealkylation sites (tertiary alicyclic amines) is 1. The maximum absolute atomic E-state index is 11.5. The summed E-state index contributed by atoms with van der Waals surface area (Å²) in [7, 11) is 1.86. The van der Waals surface area contributed by atoms with Gasteiger partial charge in [-0.05, 0) is 31.3 Å². The van der Waals surface area contributed by atoms with Crippen molar-refractivity contribution in [1.29, 1.82) is 0 Å². The van der Waals surface area contributed by atoms with Gasteiger partial charge < -0.3 is 11.1 Å². The molecule has 1 atom stereocenters. The predicted octanol–water partition coefficient (Wildman–Crippen LogP) is 1.43. The number of carbonyl (C=O) groups excluding carboxylic acids is 1. The summed E-state index contributed by atoms with van der Waals surface area (Å²) in [4.78, 5) is 23.9. The molecule has 6 nitrogen and oxygen atoms in total. The fraction of sp³-hybridized carbons (Fsp3) is 0.500. The van der Waals surface area contributed by atoms with E-state index in [1.54, 1.807) is 11.3 Å².